The molecule has 4 rings (SSSR count). The third-order valence-corrected chi connectivity index (χ3v) is 7.78. The molecule has 1 atom stereocenters. The van der Waals surface area contributed by atoms with Crippen LogP contribution in [0.4, 0.5) is 5.69 Å². The zero-order chi connectivity index (χ0) is 25.7. The number of hydrogen-bond acceptors (Lipinski definition) is 6. The lowest BCUT2D eigenvalue weighted by Gasteiger charge is -2.28. The number of rotatable bonds is 7. The Morgan fingerprint density at radius 3 is 2.67 bits per heavy atom. The fourth-order valence-electron chi connectivity index (χ4n) is 4.50. The van der Waals surface area contributed by atoms with Crippen molar-refractivity contribution in [3.8, 4) is 6.07 Å². The molecule has 10 heteroatoms. The molecule has 2 aliphatic rings. The molecule has 2 aromatic rings. The van der Waals surface area contributed by atoms with E-state index >= 15 is 0 Å². The van der Waals surface area contributed by atoms with Crippen molar-refractivity contribution in [2.24, 2.45) is 0 Å². The monoisotopic (exact) mass is 544 g/mol. The molecule has 188 valence electrons. The van der Waals surface area contributed by atoms with Crippen molar-refractivity contribution in [1.29, 1.82) is 5.26 Å². The quantitative estimate of drug-likeness (QED) is 0.388. The molecule has 1 aromatic carbocycles. The van der Waals surface area contributed by atoms with Crippen LogP contribution in [-0.4, -0.2) is 23.6 Å². The summed E-state index contributed by atoms with van der Waals surface area (Å²) in [4.78, 5) is 26.0. The van der Waals surface area contributed by atoms with Gasteiger partial charge in [-0.15, -0.1) is 0 Å². The molecule has 1 fully saturated rings. The molecule has 2 heterocycles. The van der Waals surface area contributed by atoms with Gasteiger partial charge in [-0.25, -0.2) is 0 Å². The van der Waals surface area contributed by atoms with E-state index in [1.165, 1.54) is 30.5 Å². The Kier molecular flexibility index (Phi) is 8.68. The minimum Gasteiger partial charge on any atom is -0.468 e. The summed E-state index contributed by atoms with van der Waals surface area (Å²) in [6, 6.07) is 10.7. The fourth-order valence-corrected chi connectivity index (χ4v) is 5.86. The number of nitrogens with zero attached hydrogens (tertiary/aromatic N) is 1. The summed E-state index contributed by atoms with van der Waals surface area (Å²) in [6.07, 6.45) is 6.97. The lowest BCUT2D eigenvalue weighted by atomic mass is 9.85. The molecule has 1 aliphatic carbocycles. The zero-order valence-corrected chi connectivity index (χ0v) is 22.0. The smallest absolute Gasteiger partial charge is 0.254 e. The van der Waals surface area contributed by atoms with E-state index in [9.17, 15) is 14.9 Å². The number of carbonyl (C=O) groups is 2. The van der Waals surface area contributed by atoms with Crippen molar-refractivity contribution in [3.63, 3.8) is 0 Å². The molecule has 3 N–H and O–H groups in total. The van der Waals surface area contributed by atoms with Crippen molar-refractivity contribution in [2.45, 2.75) is 51.0 Å². The van der Waals surface area contributed by atoms with Gasteiger partial charge in [-0.05, 0) is 50.1 Å². The summed E-state index contributed by atoms with van der Waals surface area (Å²) in [5.74, 6) is -0.650. The summed E-state index contributed by atoms with van der Waals surface area (Å²) in [5.41, 5.74) is 1.57. The predicted octanol–water partition coefficient (Wildman–Crippen LogP) is 6.10. The normalized spacial score (nSPS) is 18.4. The van der Waals surface area contributed by atoms with Crippen LogP contribution >= 0.6 is 35.0 Å². The fraction of sp³-hybridized carbons (Fsp3) is 0.346. The number of anilines is 1. The van der Waals surface area contributed by atoms with E-state index < -0.39 is 11.8 Å². The number of benzene rings is 1. The lowest BCUT2D eigenvalue weighted by molar-refractivity contribution is -0.119. The minimum absolute atomic E-state index is 0.0735. The molecule has 2 amide bonds. The number of dihydropyridines is 1. The van der Waals surface area contributed by atoms with E-state index in [2.05, 4.69) is 22.0 Å². The van der Waals surface area contributed by atoms with E-state index in [0.29, 0.717) is 43.4 Å². The van der Waals surface area contributed by atoms with Crippen LogP contribution in [0.5, 0.6) is 0 Å². The van der Waals surface area contributed by atoms with Crippen LogP contribution in [0.2, 0.25) is 10.0 Å². The number of halogens is 2. The minimum atomic E-state index is -0.749. The Morgan fingerprint density at radius 1 is 1.22 bits per heavy atom. The SMILES string of the molecule is CC1=C(C(=O)Nc2ccc(Cl)cc2Cl)[C@H](c2ccco2)C(C#N)=C(SCC(=O)NC2CCCCC2)N1. The van der Waals surface area contributed by atoms with Gasteiger partial charge in [0.05, 0.1) is 50.9 Å². The van der Waals surface area contributed by atoms with Crippen LogP contribution in [0.25, 0.3) is 0 Å². The number of carbonyl (C=O) groups excluding carboxylic acids is 2. The number of thioether (sulfide) groups is 1. The van der Waals surface area contributed by atoms with Gasteiger partial charge in [0.2, 0.25) is 5.91 Å². The maximum atomic E-state index is 13.4. The largest absolute Gasteiger partial charge is 0.468 e. The van der Waals surface area contributed by atoms with Gasteiger partial charge >= 0.3 is 0 Å². The molecule has 0 saturated heterocycles. The Balaban J connectivity index is 1.57. The Hall–Kier alpha value is -2.86. The second-order valence-corrected chi connectivity index (χ2v) is 10.6. The first-order valence-corrected chi connectivity index (χ1v) is 13.5. The van der Waals surface area contributed by atoms with Gasteiger partial charge in [0.1, 0.15) is 5.76 Å². The van der Waals surface area contributed by atoms with Gasteiger partial charge in [0, 0.05) is 16.8 Å². The maximum Gasteiger partial charge on any atom is 0.254 e. The van der Waals surface area contributed by atoms with Gasteiger partial charge in [0.15, 0.2) is 0 Å². The molecular weight excluding hydrogens is 519 g/mol. The number of furan rings is 1. The summed E-state index contributed by atoms with van der Waals surface area (Å²) in [6.45, 7) is 1.76. The van der Waals surface area contributed by atoms with E-state index in [1.54, 1.807) is 31.2 Å². The van der Waals surface area contributed by atoms with Crippen molar-refractivity contribution in [1.82, 2.24) is 10.6 Å². The second kappa shape index (κ2) is 11.9. The standard InChI is InChI=1S/C26H26Cl2N4O3S/c1-15-23(25(34)32-20-10-9-16(27)12-19(20)28)24(21-8-5-11-35-21)18(13-29)26(30-15)36-14-22(33)31-17-6-3-2-4-7-17/h5,8-12,17,24,30H,2-4,6-7,14H2,1H3,(H,31,33)(H,32,34)/t24-/m0/s1. The van der Waals surface area contributed by atoms with Crippen LogP contribution in [0, 0.1) is 11.3 Å². The van der Waals surface area contributed by atoms with Gasteiger partial charge in [-0.2, -0.15) is 5.26 Å². The van der Waals surface area contributed by atoms with Crippen molar-refractivity contribution in [2.75, 3.05) is 11.1 Å². The first kappa shape index (κ1) is 26.2. The Bertz CT molecular complexity index is 1240. The van der Waals surface area contributed by atoms with Gasteiger partial charge in [0.25, 0.3) is 5.91 Å². The van der Waals surface area contributed by atoms with E-state index in [4.69, 9.17) is 27.6 Å². The van der Waals surface area contributed by atoms with Gasteiger partial charge < -0.3 is 20.4 Å². The maximum absolute atomic E-state index is 13.4. The zero-order valence-electron chi connectivity index (χ0n) is 19.7. The molecule has 1 saturated carbocycles. The highest BCUT2D eigenvalue weighted by atomic mass is 35.5. The summed E-state index contributed by atoms with van der Waals surface area (Å²) < 4.78 is 5.64. The number of nitrogens with one attached hydrogen (secondary N) is 3. The predicted molar refractivity (Wildman–Crippen MR) is 142 cm³/mol. The molecule has 7 nitrogen and oxygen atoms in total. The summed E-state index contributed by atoms with van der Waals surface area (Å²) >= 11 is 13.5. The third-order valence-electron chi connectivity index (χ3n) is 6.22. The number of amides is 2. The molecule has 1 aliphatic heterocycles. The highest BCUT2D eigenvalue weighted by Crippen LogP contribution is 2.41. The van der Waals surface area contributed by atoms with E-state index in [1.807, 2.05) is 0 Å². The topological polar surface area (TPSA) is 107 Å². The van der Waals surface area contributed by atoms with Crippen LogP contribution in [0.1, 0.15) is 50.7 Å². The van der Waals surface area contributed by atoms with Crippen LogP contribution in [-0.2, 0) is 9.59 Å². The van der Waals surface area contributed by atoms with Crippen LogP contribution in [0.15, 0.2) is 62.9 Å². The van der Waals surface area contributed by atoms with Gasteiger partial charge in [-0.1, -0.05) is 54.2 Å². The number of hydrogen-bond donors (Lipinski definition) is 3. The highest BCUT2D eigenvalue weighted by Gasteiger charge is 2.36. The molecular formula is C26H26Cl2N4O3S. The van der Waals surface area contributed by atoms with E-state index in [-0.39, 0.29) is 17.7 Å². The van der Waals surface area contributed by atoms with Crippen molar-refractivity contribution >= 4 is 52.5 Å². The number of allylic oxidation sites excluding steroid dienone is 2. The second-order valence-electron chi connectivity index (χ2n) is 8.74. The first-order chi connectivity index (χ1) is 17.4. The third kappa shape index (κ3) is 6.09. The average molecular weight is 545 g/mol. The average Bonchev–Trinajstić information content (AvgIpc) is 3.39. The molecule has 0 bridgehead atoms. The molecule has 1 aromatic heterocycles. The van der Waals surface area contributed by atoms with Gasteiger partial charge in [-0.3, -0.25) is 9.59 Å². The summed E-state index contributed by atoms with van der Waals surface area (Å²) in [5, 5.41) is 20.5. The van der Waals surface area contributed by atoms with Crippen LogP contribution in [0.3, 0.4) is 0 Å². The Labute approximate surface area is 224 Å². The molecule has 36 heavy (non-hydrogen) atoms. The highest BCUT2D eigenvalue weighted by molar-refractivity contribution is 8.03. The Morgan fingerprint density at radius 2 is 2.00 bits per heavy atom. The molecule has 0 spiro atoms. The molecule has 0 unspecified atom stereocenters. The first-order valence-electron chi connectivity index (χ1n) is 11.7. The van der Waals surface area contributed by atoms with Crippen molar-refractivity contribution in [3.05, 3.63) is 74.3 Å². The molecule has 0 radical (unpaired) electrons. The van der Waals surface area contributed by atoms with E-state index in [0.717, 1.165) is 25.7 Å². The number of nitriles is 1. The van der Waals surface area contributed by atoms with Crippen LogP contribution < -0.4 is 16.0 Å². The summed E-state index contributed by atoms with van der Waals surface area (Å²) in [7, 11) is 0. The van der Waals surface area contributed by atoms with Crippen molar-refractivity contribution < 1.29 is 14.0 Å². The lowest BCUT2D eigenvalue weighted by Crippen LogP contribution is -2.37.